The van der Waals surface area contributed by atoms with Gasteiger partial charge in [0.15, 0.2) is 0 Å². The van der Waals surface area contributed by atoms with E-state index in [9.17, 15) is 18.4 Å². The highest BCUT2D eigenvalue weighted by Gasteiger charge is 2.25. The average Bonchev–Trinajstić information content (AvgIpc) is 2.68. The summed E-state index contributed by atoms with van der Waals surface area (Å²) in [6, 6.07) is 11.9. The Morgan fingerprint density at radius 2 is 1.79 bits per heavy atom. The number of rotatable bonds is 5. The van der Waals surface area contributed by atoms with Gasteiger partial charge in [0.1, 0.15) is 11.6 Å². The van der Waals surface area contributed by atoms with E-state index in [1.165, 1.54) is 24.3 Å². The highest BCUT2D eigenvalue weighted by atomic mass is 19.1. The summed E-state index contributed by atoms with van der Waals surface area (Å²) in [6.07, 6.45) is 1.76. The van der Waals surface area contributed by atoms with Crippen LogP contribution >= 0.6 is 0 Å². The lowest BCUT2D eigenvalue weighted by molar-refractivity contribution is 0.0703. The molecule has 0 unspecified atom stereocenters. The monoisotopic (exact) mass is 387 g/mol. The van der Waals surface area contributed by atoms with Gasteiger partial charge in [0.2, 0.25) is 0 Å². The molecule has 0 bridgehead atoms. The van der Waals surface area contributed by atoms with Crippen molar-refractivity contribution in [1.29, 1.82) is 0 Å². The van der Waals surface area contributed by atoms with Crippen LogP contribution in [-0.4, -0.2) is 42.5 Å². The molecule has 1 aliphatic heterocycles. The minimum absolute atomic E-state index is 0.0427. The van der Waals surface area contributed by atoms with Crippen LogP contribution in [0.4, 0.5) is 13.6 Å². The van der Waals surface area contributed by atoms with E-state index >= 15 is 0 Å². The maximum absolute atomic E-state index is 13.8. The van der Waals surface area contributed by atoms with Crippen molar-refractivity contribution in [2.24, 2.45) is 0 Å². The number of likely N-dealkylation sites (tertiary alicyclic amines) is 1. The molecule has 28 heavy (non-hydrogen) atoms. The van der Waals surface area contributed by atoms with Crippen molar-refractivity contribution in [2.45, 2.75) is 25.3 Å². The zero-order valence-electron chi connectivity index (χ0n) is 15.5. The second-order valence-corrected chi connectivity index (χ2v) is 6.83. The van der Waals surface area contributed by atoms with Gasteiger partial charge in [0.05, 0.1) is 5.56 Å². The Hall–Kier alpha value is -2.96. The number of amides is 3. The summed E-state index contributed by atoms with van der Waals surface area (Å²) >= 11 is 0. The molecule has 0 atom stereocenters. The van der Waals surface area contributed by atoms with E-state index in [1.807, 2.05) is 6.07 Å². The maximum atomic E-state index is 13.8. The van der Waals surface area contributed by atoms with E-state index in [4.69, 9.17) is 0 Å². The molecule has 3 amide bonds. The van der Waals surface area contributed by atoms with Crippen LogP contribution in [0.2, 0.25) is 0 Å². The van der Waals surface area contributed by atoms with Gasteiger partial charge in [0, 0.05) is 25.7 Å². The molecule has 0 aliphatic carbocycles. The van der Waals surface area contributed by atoms with Crippen LogP contribution in [0.5, 0.6) is 0 Å². The number of halogens is 2. The first-order chi connectivity index (χ1) is 13.5. The van der Waals surface area contributed by atoms with Crippen LogP contribution in [0.15, 0.2) is 48.5 Å². The molecule has 1 saturated heterocycles. The van der Waals surface area contributed by atoms with Gasteiger partial charge in [-0.05, 0) is 49.1 Å². The third-order valence-electron chi connectivity index (χ3n) is 4.81. The molecular formula is C21H23F2N3O2. The van der Waals surface area contributed by atoms with E-state index in [2.05, 4.69) is 10.6 Å². The zero-order chi connectivity index (χ0) is 19.9. The van der Waals surface area contributed by atoms with Crippen molar-refractivity contribution in [3.8, 4) is 0 Å². The molecule has 1 fully saturated rings. The first-order valence-corrected chi connectivity index (χ1v) is 9.35. The van der Waals surface area contributed by atoms with Crippen molar-refractivity contribution in [3.05, 3.63) is 71.3 Å². The van der Waals surface area contributed by atoms with Crippen molar-refractivity contribution >= 4 is 11.9 Å². The molecular weight excluding hydrogens is 364 g/mol. The highest BCUT2D eigenvalue weighted by Crippen LogP contribution is 2.16. The quantitative estimate of drug-likeness (QED) is 0.828. The first-order valence-electron chi connectivity index (χ1n) is 9.35. The van der Waals surface area contributed by atoms with Crippen molar-refractivity contribution in [1.82, 2.24) is 15.5 Å². The Bertz CT molecular complexity index is 836. The van der Waals surface area contributed by atoms with Crippen LogP contribution in [-0.2, 0) is 6.42 Å². The Morgan fingerprint density at radius 3 is 2.50 bits per heavy atom. The average molecular weight is 387 g/mol. The molecule has 1 aliphatic rings. The van der Waals surface area contributed by atoms with Crippen molar-refractivity contribution in [2.75, 3.05) is 19.6 Å². The standard InChI is InChI=1S/C21H23F2N3O2/c22-16-5-3-4-15(14-16)8-11-24-21(28)25-17-9-12-26(13-10-17)20(27)18-6-1-2-7-19(18)23/h1-7,14,17H,8-13H2,(H2,24,25,28). The molecule has 0 spiro atoms. The van der Waals surface area contributed by atoms with Gasteiger partial charge in [0.25, 0.3) is 5.91 Å². The SMILES string of the molecule is O=C(NCCc1cccc(F)c1)NC1CCN(C(=O)c2ccccc2F)CC1. The number of urea groups is 1. The van der Waals surface area contributed by atoms with E-state index in [0.29, 0.717) is 38.9 Å². The Labute approximate surface area is 162 Å². The number of benzene rings is 2. The summed E-state index contributed by atoms with van der Waals surface area (Å²) in [7, 11) is 0. The van der Waals surface area contributed by atoms with Gasteiger partial charge < -0.3 is 15.5 Å². The largest absolute Gasteiger partial charge is 0.338 e. The fourth-order valence-electron chi connectivity index (χ4n) is 3.28. The number of piperidine rings is 1. The Kier molecular flexibility index (Phi) is 6.57. The topological polar surface area (TPSA) is 61.4 Å². The first kappa shape index (κ1) is 19.8. The molecule has 7 heteroatoms. The van der Waals surface area contributed by atoms with Crippen LogP contribution in [0, 0.1) is 11.6 Å². The number of nitrogens with one attached hydrogen (secondary N) is 2. The van der Waals surface area contributed by atoms with Gasteiger partial charge >= 0.3 is 6.03 Å². The van der Waals surface area contributed by atoms with Crippen molar-refractivity contribution < 1.29 is 18.4 Å². The normalized spacial score (nSPS) is 14.6. The number of nitrogens with zero attached hydrogens (tertiary/aromatic N) is 1. The molecule has 2 aromatic carbocycles. The summed E-state index contributed by atoms with van der Waals surface area (Å²) in [4.78, 5) is 26.0. The molecule has 0 saturated carbocycles. The number of carbonyl (C=O) groups excluding carboxylic acids is 2. The molecule has 0 aromatic heterocycles. The highest BCUT2D eigenvalue weighted by molar-refractivity contribution is 5.94. The second kappa shape index (κ2) is 9.30. The number of carbonyl (C=O) groups is 2. The summed E-state index contributed by atoms with van der Waals surface area (Å²) in [6.45, 7) is 1.32. The predicted octanol–water partition coefficient (Wildman–Crippen LogP) is 3.11. The van der Waals surface area contributed by atoms with Gasteiger partial charge in [-0.25, -0.2) is 13.6 Å². The summed E-state index contributed by atoms with van der Waals surface area (Å²) in [5.41, 5.74) is 0.893. The number of hydrogen-bond donors (Lipinski definition) is 2. The Morgan fingerprint density at radius 1 is 1.04 bits per heavy atom. The van der Waals surface area contributed by atoms with Gasteiger partial charge in [-0.1, -0.05) is 24.3 Å². The summed E-state index contributed by atoms with van der Waals surface area (Å²) < 4.78 is 26.9. The molecule has 0 radical (unpaired) electrons. The molecule has 5 nitrogen and oxygen atoms in total. The van der Waals surface area contributed by atoms with Crippen LogP contribution < -0.4 is 10.6 Å². The second-order valence-electron chi connectivity index (χ2n) is 6.83. The molecule has 3 rings (SSSR count). The fraction of sp³-hybridized carbons (Fsp3) is 0.333. The smallest absolute Gasteiger partial charge is 0.315 e. The molecule has 1 heterocycles. The van der Waals surface area contributed by atoms with Crippen LogP contribution in [0.3, 0.4) is 0 Å². The van der Waals surface area contributed by atoms with E-state index < -0.39 is 5.82 Å². The lowest BCUT2D eigenvalue weighted by Crippen LogP contribution is -2.49. The van der Waals surface area contributed by atoms with Crippen LogP contribution in [0.1, 0.15) is 28.8 Å². The fourth-order valence-corrected chi connectivity index (χ4v) is 3.28. The third-order valence-corrected chi connectivity index (χ3v) is 4.81. The zero-order valence-corrected chi connectivity index (χ0v) is 15.5. The predicted molar refractivity (Wildman–Crippen MR) is 102 cm³/mol. The maximum Gasteiger partial charge on any atom is 0.315 e. The van der Waals surface area contributed by atoms with Gasteiger partial charge in [-0.2, -0.15) is 0 Å². The molecule has 2 aromatic rings. The van der Waals surface area contributed by atoms with Crippen molar-refractivity contribution in [3.63, 3.8) is 0 Å². The van der Waals surface area contributed by atoms with E-state index in [1.54, 1.807) is 23.1 Å². The van der Waals surface area contributed by atoms with E-state index in [-0.39, 0.29) is 29.4 Å². The summed E-state index contributed by atoms with van der Waals surface area (Å²) in [5, 5.41) is 5.65. The van der Waals surface area contributed by atoms with E-state index in [0.717, 1.165) is 5.56 Å². The lowest BCUT2D eigenvalue weighted by atomic mass is 10.0. The van der Waals surface area contributed by atoms with Gasteiger partial charge in [-0.15, -0.1) is 0 Å². The lowest BCUT2D eigenvalue weighted by Gasteiger charge is -2.32. The number of hydrogen-bond acceptors (Lipinski definition) is 2. The minimum Gasteiger partial charge on any atom is -0.338 e. The minimum atomic E-state index is -0.523. The molecule has 2 N–H and O–H groups in total. The summed E-state index contributed by atoms with van der Waals surface area (Å²) in [5.74, 6) is -1.14. The Balaban J connectivity index is 1.39. The van der Waals surface area contributed by atoms with Gasteiger partial charge in [-0.3, -0.25) is 4.79 Å². The third kappa shape index (κ3) is 5.28. The molecule has 148 valence electrons. The van der Waals surface area contributed by atoms with Crippen LogP contribution in [0.25, 0.3) is 0 Å².